The predicted octanol–water partition coefficient (Wildman–Crippen LogP) is 4.55. The Morgan fingerprint density at radius 3 is 2.62 bits per heavy atom. The molecule has 1 aromatic carbocycles. The van der Waals surface area contributed by atoms with Crippen LogP contribution >= 0.6 is 11.3 Å². The number of benzene rings is 1. The number of carbonyl (C=O) groups is 2. The van der Waals surface area contributed by atoms with E-state index in [0.29, 0.717) is 48.1 Å². The van der Waals surface area contributed by atoms with Gasteiger partial charge in [-0.3, -0.25) is 9.59 Å². The molecule has 0 saturated carbocycles. The quantitative estimate of drug-likeness (QED) is 0.392. The van der Waals surface area contributed by atoms with Crippen molar-refractivity contribution in [1.82, 2.24) is 9.88 Å². The van der Waals surface area contributed by atoms with Crippen molar-refractivity contribution < 1.29 is 24.2 Å². The molecule has 1 N–H and O–H groups in total. The van der Waals surface area contributed by atoms with Crippen LogP contribution in [0.2, 0.25) is 0 Å². The van der Waals surface area contributed by atoms with Gasteiger partial charge in [0.2, 0.25) is 5.78 Å². The normalized spacial score (nSPS) is 16.2. The number of rotatable bonds is 11. The van der Waals surface area contributed by atoms with Gasteiger partial charge in [0.05, 0.1) is 33.8 Å². The second-order valence-corrected chi connectivity index (χ2v) is 8.93. The molecule has 1 aliphatic rings. The molecule has 3 rings (SSSR count). The van der Waals surface area contributed by atoms with Crippen LogP contribution in [0.4, 0.5) is 0 Å². The number of methoxy groups -OCH3 is 1. The van der Waals surface area contributed by atoms with E-state index in [1.807, 2.05) is 31.2 Å². The lowest BCUT2D eigenvalue weighted by Crippen LogP contribution is -2.33. The van der Waals surface area contributed by atoms with Crippen LogP contribution in [-0.4, -0.2) is 53.5 Å². The average molecular weight is 459 g/mol. The number of carbonyl (C=O) groups excluding carboxylic acids is 2. The van der Waals surface area contributed by atoms with Gasteiger partial charge in [0.15, 0.2) is 5.76 Å². The Hall–Kier alpha value is -2.71. The highest BCUT2D eigenvalue weighted by atomic mass is 32.1. The van der Waals surface area contributed by atoms with Gasteiger partial charge >= 0.3 is 0 Å². The molecule has 2 aromatic rings. The zero-order chi connectivity index (χ0) is 23.3. The number of aliphatic hydroxyl groups is 1. The highest BCUT2D eigenvalue weighted by molar-refractivity contribution is 7.14. The minimum absolute atomic E-state index is 0.0747. The van der Waals surface area contributed by atoms with Gasteiger partial charge in [-0.05, 0) is 32.8 Å². The van der Waals surface area contributed by atoms with E-state index in [9.17, 15) is 14.7 Å². The van der Waals surface area contributed by atoms with Gasteiger partial charge in [-0.15, -0.1) is 11.3 Å². The van der Waals surface area contributed by atoms with Crippen molar-refractivity contribution in [3.8, 4) is 5.75 Å². The third-order valence-electron chi connectivity index (χ3n) is 5.37. The zero-order valence-electron chi connectivity index (χ0n) is 19.0. The van der Waals surface area contributed by atoms with Crippen molar-refractivity contribution in [3.63, 3.8) is 0 Å². The summed E-state index contributed by atoms with van der Waals surface area (Å²) in [5.74, 6) is -0.836. The molecule has 1 unspecified atom stereocenters. The van der Waals surface area contributed by atoms with Crippen molar-refractivity contribution >= 4 is 23.0 Å². The molecule has 1 atom stereocenters. The minimum atomic E-state index is -0.744. The lowest BCUT2D eigenvalue weighted by Gasteiger charge is -2.28. The Morgan fingerprint density at radius 2 is 1.97 bits per heavy atom. The topological polar surface area (TPSA) is 89.0 Å². The standard InChI is InChI=1S/C24H30N2O5S/c1-5-6-14-31-18-11-8-7-10-17(18)20-19(21(27)23-15(2)25-16(3)32-23)22(28)24(29)26(20)12-9-13-30-4/h7-8,10-11,20,28H,5-6,9,12-14H2,1-4H3. The first-order valence-electron chi connectivity index (χ1n) is 10.8. The molecule has 0 saturated heterocycles. The summed E-state index contributed by atoms with van der Waals surface area (Å²) >= 11 is 1.27. The monoisotopic (exact) mass is 458 g/mol. The fourth-order valence-corrected chi connectivity index (χ4v) is 4.72. The van der Waals surface area contributed by atoms with Crippen LogP contribution in [0.25, 0.3) is 0 Å². The van der Waals surface area contributed by atoms with E-state index in [1.165, 1.54) is 16.2 Å². The third kappa shape index (κ3) is 4.86. The highest BCUT2D eigenvalue weighted by Gasteiger charge is 2.45. The molecule has 0 aliphatic carbocycles. The van der Waals surface area contributed by atoms with Crippen molar-refractivity contribution in [2.24, 2.45) is 0 Å². The van der Waals surface area contributed by atoms with Crippen molar-refractivity contribution in [3.05, 3.63) is 56.7 Å². The molecule has 7 nitrogen and oxygen atoms in total. The maximum atomic E-state index is 13.6. The fraction of sp³-hybridized carbons (Fsp3) is 0.458. The number of ketones is 1. The molecular formula is C24H30N2O5S. The lowest BCUT2D eigenvalue weighted by molar-refractivity contribution is -0.129. The third-order valence-corrected chi connectivity index (χ3v) is 6.45. The number of para-hydroxylation sites is 1. The zero-order valence-corrected chi connectivity index (χ0v) is 19.8. The van der Waals surface area contributed by atoms with Crippen LogP contribution in [-0.2, 0) is 9.53 Å². The van der Waals surface area contributed by atoms with Crippen LogP contribution in [0.5, 0.6) is 5.75 Å². The molecule has 0 radical (unpaired) electrons. The molecule has 32 heavy (non-hydrogen) atoms. The summed E-state index contributed by atoms with van der Waals surface area (Å²) < 4.78 is 11.2. The molecule has 1 amide bonds. The summed E-state index contributed by atoms with van der Waals surface area (Å²) in [4.78, 5) is 33.0. The van der Waals surface area contributed by atoms with Gasteiger partial charge < -0.3 is 19.5 Å². The average Bonchev–Trinajstić information content (AvgIpc) is 3.24. The fourth-order valence-electron chi connectivity index (χ4n) is 3.85. The van der Waals surface area contributed by atoms with Gasteiger partial charge in [-0.25, -0.2) is 4.98 Å². The van der Waals surface area contributed by atoms with Crippen LogP contribution in [0.15, 0.2) is 35.6 Å². The van der Waals surface area contributed by atoms with E-state index in [0.717, 1.165) is 17.8 Å². The Morgan fingerprint density at radius 1 is 1.22 bits per heavy atom. The van der Waals surface area contributed by atoms with Crippen LogP contribution in [0.3, 0.4) is 0 Å². The van der Waals surface area contributed by atoms with Crippen LogP contribution < -0.4 is 4.74 Å². The molecule has 2 heterocycles. The Balaban J connectivity index is 2.07. The summed E-state index contributed by atoms with van der Waals surface area (Å²) in [5, 5.41) is 11.6. The molecule has 1 aliphatic heterocycles. The summed E-state index contributed by atoms with van der Waals surface area (Å²) in [6.07, 6.45) is 2.45. The smallest absolute Gasteiger partial charge is 0.290 e. The molecule has 1 aromatic heterocycles. The van der Waals surface area contributed by atoms with Gasteiger partial charge in [-0.1, -0.05) is 31.5 Å². The number of hydrogen-bond donors (Lipinski definition) is 1. The van der Waals surface area contributed by atoms with Gasteiger partial charge in [0.25, 0.3) is 5.91 Å². The maximum absolute atomic E-state index is 13.6. The van der Waals surface area contributed by atoms with Crippen molar-refractivity contribution in [2.75, 3.05) is 26.9 Å². The van der Waals surface area contributed by atoms with Crippen LogP contribution in [0.1, 0.15) is 58.2 Å². The largest absolute Gasteiger partial charge is 0.503 e. The Bertz CT molecular complexity index is 1010. The van der Waals surface area contributed by atoms with Crippen LogP contribution in [0, 0.1) is 13.8 Å². The van der Waals surface area contributed by atoms with E-state index in [-0.39, 0.29) is 11.4 Å². The minimum Gasteiger partial charge on any atom is -0.503 e. The number of amides is 1. The van der Waals surface area contributed by atoms with E-state index >= 15 is 0 Å². The van der Waals surface area contributed by atoms with Gasteiger partial charge in [-0.2, -0.15) is 0 Å². The lowest BCUT2D eigenvalue weighted by atomic mass is 9.94. The number of aromatic nitrogens is 1. The second-order valence-electron chi connectivity index (χ2n) is 7.73. The molecule has 0 spiro atoms. The van der Waals surface area contributed by atoms with Crippen molar-refractivity contribution in [2.45, 2.75) is 46.1 Å². The number of unbranched alkanes of at least 4 members (excludes halogenated alkanes) is 1. The molecule has 0 fully saturated rings. The van der Waals surface area contributed by atoms with Crippen molar-refractivity contribution in [1.29, 1.82) is 0 Å². The number of ether oxygens (including phenoxy) is 2. The number of nitrogens with zero attached hydrogens (tertiary/aromatic N) is 2. The van der Waals surface area contributed by atoms with E-state index in [4.69, 9.17) is 9.47 Å². The first-order valence-corrected chi connectivity index (χ1v) is 11.7. The molecule has 0 bridgehead atoms. The number of Topliss-reactive ketones (excluding diaryl/α,β-unsaturated/α-hetero) is 1. The first-order chi connectivity index (χ1) is 15.4. The molecular weight excluding hydrogens is 428 g/mol. The number of thiazole rings is 1. The second kappa shape index (κ2) is 10.7. The predicted molar refractivity (Wildman–Crippen MR) is 123 cm³/mol. The maximum Gasteiger partial charge on any atom is 0.290 e. The summed E-state index contributed by atoms with van der Waals surface area (Å²) in [6.45, 7) is 7.00. The first kappa shape index (κ1) is 23.9. The Labute approximate surface area is 192 Å². The summed E-state index contributed by atoms with van der Waals surface area (Å²) in [5.41, 5.74) is 1.35. The van der Waals surface area contributed by atoms with E-state index in [2.05, 4.69) is 11.9 Å². The summed E-state index contributed by atoms with van der Waals surface area (Å²) in [6, 6.07) is 6.64. The number of aliphatic hydroxyl groups excluding tert-OH is 1. The SMILES string of the molecule is CCCCOc1ccccc1C1C(C(=O)c2sc(C)nc2C)=C(O)C(=O)N1CCCOC. The number of aryl methyl sites for hydroxylation is 2. The van der Waals surface area contributed by atoms with E-state index in [1.54, 1.807) is 14.0 Å². The van der Waals surface area contributed by atoms with E-state index < -0.39 is 17.7 Å². The molecule has 8 heteroatoms. The van der Waals surface area contributed by atoms with Gasteiger partial charge in [0.1, 0.15) is 5.75 Å². The Kier molecular flexibility index (Phi) is 8.04. The van der Waals surface area contributed by atoms with Gasteiger partial charge in [0, 0.05) is 25.8 Å². The highest BCUT2D eigenvalue weighted by Crippen LogP contribution is 2.43. The summed E-state index contributed by atoms with van der Waals surface area (Å²) in [7, 11) is 1.60. The number of hydrogen-bond acceptors (Lipinski definition) is 7. The molecule has 172 valence electrons.